The van der Waals surface area contributed by atoms with Gasteiger partial charge in [0.1, 0.15) is 0 Å². The van der Waals surface area contributed by atoms with E-state index in [1.54, 1.807) is 0 Å². The van der Waals surface area contributed by atoms with Crippen molar-refractivity contribution in [3.05, 3.63) is 0 Å². The van der Waals surface area contributed by atoms with E-state index in [0.29, 0.717) is 0 Å². The number of hydrogen-bond acceptors (Lipinski definition) is 2. The Labute approximate surface area is 107 Å². The topological polar surface area (TPSA) is 41.1 Å². The summed E-state index contributed by atoms with van der Waals surface area (Å²) in [6.07, 6.45) is 4.64. The summed E-state index contributed by atoms with van der Waals surface area (Å²) in [5.41, 5.74) is 0. The van der Waals surface area contributed by atoms with Crippen LogP contribution in [0.5, 0.6) is 0 Å². The first-order valence-electron chi connectivity index (χ1n) is 7.01. The van der Waals surface area contributed by atoms with E-state index in [2.05, 4.69) is 31.4 Å². The van der Waals surface area contributed by atoms with E-state index in [1.807, 2.05) is 13.8 Å². The van der Waals surface area contributed by atoms with Crippen molar-refractivity contribution < 1.29 is 4.79 Å². The van der Waals surface area contributed by atoms with Gasteiger partial charge >= 0.3 is 0 Å². The SMILES string of the molecule is CCC(C)NC(=O)C(C)NCCCCC(C)C. The Bertz CT molecular complexity index is 204. The molecule has 0 saturated heterocycles. The van der Waals surface area contributed by atoms with Crippen LogP contribution in [0.4, 0.5) is 0 Å². The predicted molar refractivity (Wildman–Crippen MR) is 74.0 cm³/mol. The summed E-state index contributed by atoms with van der Waals surface area (Å²) in [6.45, 7) is 11.5. The minimum atomic E-state index is -0.0805. The van der Waals surface area contributed by atoms with Crippen LogP contribution in [0.2, 0.25) is 0 Å². The molecular weight excluding hydrogens is 212 g/mol. The van der Waals surface area contributed by atoms with E-state index in [0.717, 1.165) is 25.3 Å². The highest BCUT2D eigenvalue weighted by atomic mass is 16.2. The van der Waals surface area contributed by atoms with Gasteiger partial charge in [0.2, 0.25) is 5.91 Å². The minimum absolute atomic E-state index is 0.0805. The molecule has 102 valence electrons. The van der Waals surface area contributed by atoms with Crippen LogP contribution < -0.4 is 10.6 Å². The smallest absolute Gasteiger partial charge is 0.237 e. The van der Waals surface area contributed by atoms with E-state index in [-0.39, 0.29) is 18.0 Å². The van der Waals surface area contributed by atoms with E-state index in [9.17, 15) is 4.79 Å². The lowest BCUT2D eigenvalue weighted by Gasteiger charge is -2.17. The van der Waals surface area contributed by atoms with Crippen molar-refractivity contribution in [2.24, 2.45) is 5.92 Å². The maximum Gasteiger partial charge on any atom is 0.237 e. The number of amides is 1. The summed E-state index contributed by atoms with van der Waals surface area (Å²) in [7, 11) is 0. The van der Waals surface area contributed by atoms with Gasteiger partial charge < -0.3 is 10.6 Å². The van der Waals surface area contributed by atoms with Gasteiger partial charge in [-0.05, 0) is 39.2 Å². The van der Waals surface area contributed by atoms with Crippen LogP contribution in [0, 0.1) is 5.92 Å². The molecule has 2 unspecified atom stereocenters. The van der Waals surface area contributed by atoms with E-state index in [4.69, 9.17) is 0 Å². The molecule has 0 bridgehead atoms. The Morgan fingerprint density at radius 3 is 2.29 bits per heavy atom. The molecule has 1 amide bonds. The van der Waals surface area contributed by atoms with E-state index in [1.165, 1.54) is 12.8 Å². The van der Waals surface area contributed by atoms with Crippen molar-refractivity contribution in [3.8, 4) is 0 Å². The van der Waals surface area contributed by atoms with Gasteiger partial charge in [-0.3, -0.25) is 4.79 Å². The number of unbranched alkanes of at least 4 members (excludes halogenated alkanes) is 1. The van der Waals surface area contributed by atoms with Crippen molar-refractivity contribution in [3.63, 3.8) is 0 Å². The zero-order chi connectivity index (χ0) is 13.3. The molecule has 2 atom stereocenters. The second-order valence-electron chi connectivity index (χ2n) is 5.38. The van der Waals surface area contributed by atoms with Crippen LogP contribution in [0.3, 0.4) is 0 Å². The Morgan fingerprint density at radius 1 is 1.12 bits per heavy atom. The highest BCUT2D eigenvalue weighted by molar-refractivity contribution is 5.81. The molecule has 0 spiro atoms. The molecule has 3 heteroatoms. The molecule has 0 aromatic carbocycles. The largest absolute Gasteiger partial charge is 0.352 e. The second-order valence-corrected chi connectivity index (χ2v) is 5.38. The zero-order valence-electron chi connectivity index (χ0n) is 12.2. The molecule has 0 aromatic rings. The number of rotatable bonds is 9. The summed E-state index contributed by atoms with van der Waals surface area (Å²) in [5, 5.41) is 6.26. The van der Waals surface area contributed by atoms with Gasteiger partial charge in [0.25, 0.3) is 0 Å². The van der Waals surface area contributed by atoms with Crippen LogP contribution in [-0.4, -0.2) is 24.5 Å². The number of carbonyl (C=O) groups excluding carboxylic acids is 1. The standard InChI is InChI=1S/C14H30N2O/c1-6-12(4)16-14(17)13(5)15-10-8-7-9-11(2)3/h11-13,15H,6-10H2,1-5H3,(H,16,17). The van der Waals surface area contributed by atoms with E-state index < -0.39 is 0 Å². The molecule has 2 N–H and O–H groups in total. The van der Waals surface area contributed by atoms with Crippen LogP contribution >= 0.6 is 0 Å². The molecule has 0 rings (SSSR count). The normalized spacial score (nSPS) is 14.7. The molecule has 17 heavy (non-hydrogen) atoms. The molecule has 0 fully saturated rings. The van der Waals surface area contributed by atoms with Gasteiger partial charge in [0.05, 0.1) is 6.04 Å². The van der Waals surface area contributed by atoms with E-state index >= 15 is 0 Å². The summed E-state index contributed by atoms with van der Waals surface area (Å²) < 4.78 is 0. The summed E-state index contributed by atoms with van der Waals surface area (Å²) in [4.78, 5) is 11.7. The average Bonchev–Trinajstić information content (AvgIpc) is 2.27. The highest BCUT2D eigenvalue weighted by Crippen LogP contribution is 2.05. The van der Waals surface area contributed by atoms with Crippen LogP contribution in [0.15, 0.2) is 0 Å². The van der Waals surface area contributed by atoms with Gasteiger partial charge in [-0.25, -0.2) is 0 Å². The molecule has 0 aliphatic carbocycles. The van der Waals surface area contributed by atoms with Crippen LogP contribution in [0.1, 0.15) is 60.3 Å². The molecule has 0 aliphatic heterocycles. The molecule has 0 aromatic heterocycles. The van der Waals surface area contributed by atoms with Crippen molar-refractivity contribution in [2.45, 2.75) is 72.4 Å². The average molecular weight is 242 g/mol. The number of nitrogens with one attached hydrogen (secondary N) is 2. The molecule has 0 aliphatic rings. The first-order valence-corrected chi connectivity index (χ1v) is 7.01. The summed E-state index contributed by atoms with van der Waals surface area (Å²) in [5.74, 6) is 0.893. The predicted octanol–water partition coefficient (Wildman–Crippen LogP) is 2.71. The zero-order valence-corrected chi connectivity index (χ0v) is 12.2. The van der Waals surface area contributed by atoms with Gasteiger partial charge in [0, 0.05) is 6.04 Å². The fourth-order valence-electron chi connectivity index (χ4n) is 1.56. The first-order chi connectivity index (χ1) is 7.97. The Morgan fingerprint density at radius 2 is 1.76 bits per heavy atom. The Kier molecular flexibility index (Phi) is 9.14. The van der Waals surface area contributed by atoms with Crippen molar-refractivity contribution >= 4 is 5.91 Å². The monoisotopic (exact) mass is 242 g/mol. The van der Waals surface area contributed by atoms with Crippen molar-refractivity contribution in [1.29, 1.82) is 0 Å². The van der Waals surface area contributed by atoms with Gasteiger partial charge in [-0.1, -0.05) is 33.6 Å². The van der Waals surface area contributed by atoms with Crippen molar-refractivity contribution in [1.82, 2.24) is 10.6 Å². The maximum atomic E-state index is 11.7. The highest BCUT2D eigenvalue weighted by Gasteiger charge is 2.13. The van der Waals surface area contributed by atoms with Crippen molar-refractivity contribution in [2.75, 3.05) is 6.54 Å². The Hall–Kier alpha value is -0.570. The third-order valence-corrected chi connectivity index (χ3v) is 3.05. The third-order valence-electron chi connectivity index (χ3n) is 3.05. The number of carbonyl (C=O) groups is 1. The lowest BCUT2D eigenvalue weighted by Crippen LogP contribution is -2.45. The lowest BCUT2D eigenvalue weighted by atomic mass is 10.1. The fourth-order valence-corrected chi connectivity index (χ4v) is 1.56. The van der Waals surface area contributed by atoms with Gasteiger partial charge in [0.15, 0.2) is 0 Å². The molecule has 0 radical (unpaired) electrons. The van der Waals surface area contributed by atoms with Crippen LogP contribution in [-0.2, 0) is 4.79 Å². The Balaban J connectivity index is 3.57. The fraction of sp³-hybridized carbons (Fsp3) is 0.929. The number of hydrogen-bond donors (Lipinski definition) is 2. The minimum Gasteiger partial charge on any atom is -0.352 e. The van der Waals surface area contributed by atoms with Crippen LogP contribution in [0.25, 0.3) is 0 Å². The molecule has 0 heterocycles. The van der Waals surface area contributed by atoms with Gasteiger partial charge in [-0.2, -0.15) is 0 Å². The molecule has 0 saturated carbocycles. The van der Waals surface area contributed by atoms with Gasteiger partial charge in [-0.15, -0.1) is 0 Å². The maximum absolute atomic E-state index is 11.7. The molecular formula is C14H30N2O. The third kappa shape index (κ3) is 9.16. The quantitative estimate of drug-likeness (QED) is 0.610. The first kappa shape index (κ1) is 16.4. The molecule has 3 nitrogen and oxygen atoms in total. The second kappa shape index (κ2) is 9.46. The summed E-state index contributed by atoms with van der Waals surface area (Å²) in [6, 6.07) is 0.191. The lowest BCUT2D eigenvalue weighted by molar-refractivity contribution is -0.123. The summed E-state index contributed by atoms with van der Waals surface area (Å²) >= 11 is 0.